The number of ether oxygens (including phenoxy) is 4. The van der Waals surface area contributed by atoms with Crippen LogP contribution in [0.3, 0.4) is 0 Å². The van der Waals surface area contributed by atoms with Crippen molar-refractivity contribution >= 4 is 108 Å². The molecule has 0 bridgehead atoms. The predicted octanol–water partition coefficient (Wildman–Crippen LogP) is 8.75. The van der Waals surface area contributed by atoms with Crippen LogP contribution in [-0.4, -0.2) is 325 Å². The quantitative estimate of drug-likeness (QED) is 0.0439. The van der Waals surface area contributed by atoms with E-state index in [-0.39, 0.29) is 24.2 Å². The standard InChI is InChI=1S/4C22H31N3O4S2/c4*1-22(2,26)18-5-7-19(8-6-18)25-10-9-24(31(27,28)21-4-3-15-30-21)17-20(25)16-23-11-13-29-14-12-23/h4*3-8,15,20,26H,9-14,16-17H2,1-2H3/t4*20-/m1100/s1. The van der Waals surface area contributed by atoms with Gasteiger partial charge in [-0.1, -0.05) is 72.8 Å². The SMILES string of the molecule is CC(C)(O)c1ccc(N2CCN(S(=O)(=O)c3cccs3)C[C@@H]2CN2CCOCC2)cc1.CC(C)(O)c1ccc(N2CCN(S(=O)(=O)c3cccs3)C[C@@H]2CN2CCOCC2)cc1.CC(C)(O)c1ccc(N2CCN(S(=O)(=O)c3cccs3)C[C@H]2CN2CCOCC2)cc1.CC(C)(O)c1ccc(N2CCN(S(=O)(=O)c3cccs3)C[C@H]2CN2CCOCC2)cc1. The maximum absolute atomic E-state index is 13.1. The molecule has 0 spiro atoms. The zero-order valence-corrected chi connectivity index (χ0v) is 79.0. The van der Waals surface area contributed by atoms with Gasteiger partial charge in [-0.3, -0.25) is 19.6 Å². The van der Waals surface area contributed by atoms with Gasteiger partial charge < -0.3 is 59.0 Å². The molecule has 12 heterocycles. The van der Waals surface area contributed by atoms with Gasteiger partial charge in [0.15, 0.2) is 0 Å². The normalized spacial score (nSPS) is 22.0. The predicted molar refractivity (Wildman–Crippen MR) is 493 cm³/mol. The second-order valence-electron chi connectivity index (χ2n) is 34.6. The Morgan fingerprint density at radius 2 is 0.452 bits per heavy atom. The molecule has 8 fully saturated rings. The Labute approximate surface area is 750 Å². The highest BCUT2D eigenvalue weighted by Crippen LogP contribution is 2.36. The van der Waals surface area contributed by atoms with Crippen LogP contribution in [0.5, 0.6) is 0 Å². The van der Waals surface area contributed by atoms with Crippen molar-refractivity contribution in [3.05, 3.63) is 189 Å². The lowest BCUT2D eigenvalue weighted by Gasteiger charge is -2.44. The topological polar surface area (TPSA) is 293 Å². The first-order valence-electron chi connectivity index (χ1n) is 42.7. The van der Waals surface area contributed by atoms with E-state index in [1.54, 1.807) is 143 Å². The lowest BCUT2D eigenvalue weighted by Crippen LogP contribution is -2.59. The maximum Gasteiger partial charge on any atom is 0.252 e. The van der Waals surface area contributed by atoms with Crippen molar-refractivity contribution in [1.29, 1.82) is 0 Å². The highest BCUT2D eigenvalue weighted by molar-refractivity contribution is 7.92. The summed E-state index contributed by atoms with van der Waals surface area (Å²) >= 11 is 5.07. The molecule has 0 aliphatic carbocycles. The van der Waals surface area contributed by atoms with E-state index in [1.807, 2.05) is 97.1 Å². The Balaban J connectivity index is 0.000000142. The number of morpholine rings is 4. The van der Waals surface area contributed by atoms with Gasteiger partial charge in [0.1, 0.15) is 16.8 Å². The van der Waals surface area contributed by atoms with E-state index in [1.165, 1.54) is 45.3 Å². The highest BCUT2D eigenvalue weighted by atomic mass is 32.3. The number of sulfonamides is 4. The van der Waals surface area contributed by atoms with Crippen molar-refractivity contribution in [3.63, 3.8) is 0 Å². The van der Waals surface area contributed by atoms with Gasteiger partial charge in [0.05, 0.1) is 99.4 Å². The van der Waals surface area contributed by atoms with Crippen LogP contribution in [0.1, 0.15) is 77.6 Å². The molecule has 0 amide bonds. The minimum Gasteiger partial charge on any atom is -0.386 e. The third-order valence-electron chi connectivity index (χ3n) is 24.1. The average molecular weight is 1860 g/mol. The first-order valence-corrected chi connectivity index (χ1v) is 52.0. The van der Waals surface area contributed by atoms with Crippen LogP contribution in [0, 0.1) is 0 Å². The number of piperazine rings is 4. The minimum atomic E-state index is -3.48. The van der Waals surface area contributed by atoms with Crippen molar-refractivity contribution in [1.82, 2.24) is 36.8 Å². The molecule has 4 N–H and O–H groups in total. The third kappa shape index (κ3) is 24.6. The van der Waals surface area contributed by atoms with E-state index in [0.29, 0.717) is 148 Å². The van der Waals surface area contributed by atoms with Crippen LogP contribution in [0.4, 0.5) is 22.7 Å². The van der Waals surface area contributed by atoms with Crippen LogP contribution >= 0.6 is 45.3 Å². The number of aliphatic hydroxyl groups is 4. The summed E-state index contributed by atoms with van der Waals surface area (Å²) in [6.07, 6.45) is 0. The van der Waals surface area contributed by atoms with Crippen molar-refractivity contribution in [2.24, 2.45) is 0 Å². The highest BCUT2D eigenvalue weighted by Gasteiger charge is 2.42. The van der Waals surface area contributed by atoms with Crippen molar-refractivity contribution < 1.29 is 73.0 Å². The number of rotatable bonds is 24. The zero-order chi connectivity index (χ0) is 88.2. The molecule has 28 nitrogen and oxygen atoms in total. The van der Waals surface area contributed by atoms with Crippen molar-refractivity contribution in [2.75, 3.05) is 230 Å². The van der Waals surface area contributed by atoms with E-state index in [9.17, 15) is 54.1 Å². The molecule has 0 radical (unpaired) electrons. The number of nitrogens with zero attached hydrogens (tertiary/aromatic N) is 12. The van der Waals surface area contributed by atoms with Gasteiger partial charge in [-0.15, -0.1) is 45.3 Å². The molecule has 8 aliphatic rings. The molecule has 680 valence electrons. The Morgan fingerprint density at radius 3 is 0.605 bits per heavy atom. The molecule has 124 heavy (non-hydrogen) atoms. The van der Waals surface area contributed by atoms with Gasteiger partial charge in [0.25, 0.3) is 40.1 Å². The number of hydrogen-bond donors (Lipinski definition) is 4. The molecular weight excluding hydrogens is 1740 g/mol. The molecule has 8 aliphatic heterocycles. The Kier molecular flexibility index (Phi) is 32.3. The first kappa shape index (κ1) is 95.6. The fraction of sp³-hybridized carbons (Fsp3) is 0.545. The third-order valence-corrected chi connectivity index (χ3v) is 37.0. The summed E-state index contributed by atoms with van der Waals surface area (Å²) in [5.74, 6) is 0. The van der Waals surface area contributed by atoms with Gasteiger partial charge in [-0.2, -0.15) is 17.2 Å². The van der Waals surface area contributed by atoms with E-state index < -0.39 is 62.5 Å². The summed E-state index contributed by atoms with van der Waals surface area (Å²) in [5.41, 5.74) is 4.11. The molecule has 8 aromatic rings. The molecule has 0 saturated carbocycles. The maximum atomic E-state index is 13.1. The summed E-state index contributed by atoms with van der Waals surface area (Å²) in [5, 5.41) is 48.3. The van der Waals surface area contributed by atoms with Crippen molar-refractivity contribution in [3.8, 4) is 0 Å². The molecule has 16 rings (SSSR count). The fourth-order valence-corrected chi connectivity index (χ4v) is 27.3. The fourth-order valence-electron chi connectivity index (χ4n) is 16.9. The van der Waals surface area contributed by atoms with Crippen LogP contribution in [-0.2, 0) is 81.4 Å². The summed E-state index contributed by atoms with van der Waals surface area (Å²) in [4.78, 5) is 18.7. The van der Waals surface area contributed by atoms with E-state index in [2.05, 4.69) is 39.2 Å². The summed E-state index contributed by atoms with van der Waals surface area (Å²) < 4.78 is 135. The summed E-state index contributed by atoms with van der Waals surface area (Å²) in [6.45, 7) is 36.0. The largest absolute Gasteiger partial charge is 0.386 e. The lowest BCUT2D eigenvalue weighted by molar-refractivity contribution is 0.0331. The average Bonchev–Trinajstić information content (AvgIpc) is 1.30. The summed E-state index contributed by atoms with van der Waals surface area (Å²) in [6, 6.07) is 45.9. The molecule has 0 unspecified atom stereocenters. The molecular formula is C88H124N12O16S8. The zero-order valence-electron chi connectivity index (χ0n) is 72.4. The van der Waals surface area contributed by atoms with E-state index >= 15 is 0 Å². The van der Waals surface area contributed by atoms with Gasteiger partial charge in [-0.05, 0) is 172 Å². The Hall–Kier alpha value is -5.96. The lowest BCUT2D eigenvalue weighted by atomic mass is 9.98. The monoisotopic (exact) mass is 1860 g/mol. The van der Waals surface area contributed by atoms with E-state index in [0.717, 1.165) is 124 Å². The van der Waals surface area contributed by atoms with Crippen LogP contribution in [0.2, 0.25) is 0 Å². The molecule has 4 aromatic carbocycles. The molecule has 4 atom stereocenters. The second kappa shape index (κ2) is 41.9. The van der Waals surface area contributed by atoms with Gasteiger partial charge in [0.2, 0.25) is 0 Å². The number of benzene rings is 4. The van der Waals surface area contributed by atoms with Crippen LogP contribution in [0.15, 0.2) is 184 Å². The molecule has 4 aromatic heterocycles. The summed E-state index contributed by atoms with van der Waals surface area (Å²) in [7, 11) is -13.9. The van der Waals surface area contributed by atoms with E-state index in [4.69, 9.17) is 18.9 Å². The number of anilines is 4. The molecule has 8 saturated heterocycles. The first-order chi connectivity index (χ1) is 59.0. The van der Waals surface area contributed by atoms with Crippen LogP contribution in [0.25, 0.3) is 0 Å². The smallest absolute Gasteiger partial charge is 0.252 e. The Morgan fingerprint density at radius 1 is 0.274 bits per heavy atom. The number of hydrogen-bond acceptors (Lipinski definition) is 28. The van der Waals surface area contributed by atoms with Crippen molar-refractivity contribution in [2.45, 2.75) is 119 Å². The van der Waals surface area contributed by atoms with Gasteiger partial charge in [0, 0.05) is 180 Å². The van der Waals surface area contributed by atoms with Gasteiger partial charge in [-0.25, -0.2) is 33.7 Å². The Bertz CT molecular complexity index is 4440. The molecule has 36 heteroatoms. The number of thiophene rings is 4. The minimum absolute atomic E-state index is 0.0366. The van der Waals surface area contributed by atoms with Crippen LogP contribution < -0.4 is 19.6 Å². The van der Waals surface area contributed by atoms with Gasteiger partial charge >= 0.3 is 0 Å². The second-order valence-corrected chi connectivity index (χ2v) is 47.1.